The molecule has 0 saturated heterocycles. The van der Waals surface area contributed by atoms with Crippen LogP contribution in [0.2, 0.25) is 5.02 Å². The van der Waals surface area contributed by atoms with Crippen LogP contribution in [0.25, 0.3) is 0 Å². The van der Waals surface area contributed by atoms with Crippen LogP contribution in [0.15, 0.2) is 48.5 Å². The van der Waals surface area contributed by atoms with Gasteiger partial charge >= 0.3 is 0 Å². The van der Waals surface area contributed by atoms with Crippen molar-refractivity contribution in [2.45, 2.75) is 37.8 Å². The van der Waals surface area contributed by atoms with Gasteiger partial charge in [-0.3, -0.25) is 0 Å². The predicted molar refractivity (Wildman–Crippen MR) is 84.8 cm³/mol. The molecule has 2 aromatic rings. The van der Waals surface area contributed by atoms with E-state index in [9.17, 15) is 4.39 Å². The van der Waals surface area contributed by atoms with Crippen molar-refractivity contribution < 1.29 is 4.39 Å². The van der Waals surface area contributed by atoms with Gasteiger partial charge < -0.3 is 5.32 Å². The van der Waals surface area contributed by atoms with Gasteiger partial charge in [0, 0.05) is 17.1 Å². The molecule has 1 N–H and O–H groups in total. The van der Waals surface area contributed by atoms with Gasteiger partial charge in [0.2, 0.25) is 0 Å². The second kappa shape index (κ2) is 6.17. The summed E-state index contributed by atoms with van der Waals surface area (Å²) in [6.45, 7) is 0.753. The third-order valence-electron chi connectivity index (χ3n) is 4.40. The highest BCUT2D eigenvalue weighted by atomic mass is 35.5. The fraction of sp³-hybridized carbons (Fsp3) is 0.333. The lowest BCUT2D eigenvalue weighted by Crippen LogP contribution is -2.39. The zero-order chi connectivity index (χ0) is 14.7. The maximum Gasteiger partial charge on any atom is 0.123 e. The monoisotopic (exact) mass is 303 g/mol. The summed E-state index contributed by atoms with van der Waals surface area (Å²) in [5, 5.41) is 4.47. The van der Waals surface area contributed by atoms with E-state index in [0.717, 1.165) is 30.0 Å². The summed E-state index contributed by atoms with van der Waals surface area (Å²) in [5.74, 6) is -0.188. The molecule has 3 heteroatoms. The van der Waals surface area contributed by atoms with Crippen LogP contribution in [0.3, 0.4) is 0 Å². The van der Waals surface area contributed by atoms with E-state index in [2.05, 4.69) is 17.4 Å². The van der Waals surface area contributed by atoms with Crippen LogP contribution in [0.4, 0.5) is 4.39 Å². The van der Waals surface area contributed by atoms with E-state index < -0.39 is 0 Å². The summed E-state index contributed by atoms with van der Waals surface area (Å²) in [5.41, 5.74) is 2.43. The van der Waals surface area contributed by atoms with Crippen LogP contribution in [0.1, 0.15) is 36.8 Å². The quantitative estimate of drug-likeness (QED) is 0.834. The molecule has 0 heterocycles. The number of hydrogen-bond acceptors (Lipinski definition) is 1. The lowest BCUT2D eigenvalue weighted by Gasteiger charge is -2.31. The Hall–Kier alpha value is -1.38. The van der Waals surface area contributed by atoms with Crippen molar-refractivity contribution in [3.63, 3.8) is 0 Å². The van der Waals surface area contributed by atoms with Gasteiger partial charge in [-0.25, -0.2) is 4.39 Å². The van der Waals surface area contributed by atoms with Crippen molar-refractivity contribution in [1.29, 1.82) is 0 Å². The number of rotatable bonds is 4. The molecule has 1 aliphatic rings. The minimum atomic E-state index is -0.188. The number of benzene rings is 2. The van der Waals surface area contributed by atoms with Gasteiger partial charge in [0.1, 0.15) is 5.82 Å². The Balaban J connectivity index is 1.78. The summed E-state index contributed by atoms with van der Waals surface area (Å²) in [6, 6.07) is 14.9. The van der Waals surface area contributed by atoms with E-state index in [0.29, 0.717) is 0 Å². The van der Waals surface area contributed by atoms with Crippen LogP contribution in [-0.4, -0.2) is 0 Å². The van der Waals surface area contributed by atoms with Crippen LogP contribution in [-0.2, 0) is 12.1 Å². The van der Waals surface area contributed by atoms with Crippen LogP contribution in [0, 0.1) is 5.82 Å². The lowest BCUT2D eigenvalue weighted by molar-refractivity contribution is 0.339. The number of halogens is 2. The highest BCUT2D eigenvalue weighted by Gasteiger charge is 2.34. The second-order valence-corrected chi connectivity index (χ2v) is 6.21. The fourth-order valence-corrected chi connectivity index (χ4v) is 3.31. The minimum absolute atomic E-state index is 0.0268. The molecule has 0 aliphatic heterocycles. The van der Waals surface area contributed by atoms with Gasteiger partial charge in [0.25, 0.3) is 0 Å². The predicted octanol–water partition coefficient (Wildman–Crippen LogP) is 5.04. The van der Waals surface area contributed by atoms with Gasteiger partial charge in [0.05, 0.1) is 0 Å². The molecule has 2 aromatic carbocycles. The molecule has 0 spiro atoms. The Morgan fingerprint density at radius 2 is 1.57 bits per heavy atom. The smallest absolute Gasteiger partial charge is 0.123 e. The molecule has 3 rings (SSSR count). The van der Waals surface area contributed by atoms with E-state index in [1.807, 2.05) is 24.3 Å². The first kappa shape index (κ1) is 14.6. The molecule has 21 heavy (non-hydrogen) atoms. The van der Waals surface area contributed by atoms with Crippen LogP contribution < -0.4 is 5.32 Å². The SMILES string of the molecule is Fc1ccc(CNC2(c3ccc(Cl)cc3)CCCC2)cc1. The molecule has 1 aliphatic carbocycles. The third-order valence-corrected chi connectivity index (χ3v) is 4.65. The standard InChI is InChI=1S/C18H19ClFN/c19-16-7-5-15(6-8-16)18(11-1-2-12-18)21-13-14-3-9-17(20)10-4-14/h3-10,21H,1-2,11-13H2. The van der Waals surface area contributed by atoms with Crippen LogP contribution in [0.5, 0.6) is 0 Å². The molecule has 0 amide bonds. The summed E-state index contributed by atoms with van der Waals surface area (Å²) < 4.78 is 13.0. The normalized spacial score (nSPS) is 17.0. The first-order chi connectivity index (χ1) is 10.2. The van der Waals surface area contributed by atoms with Crippen molar-refractivity contribution in [2.75, 3.05) is 0 Å². The zero-order valence-corrected chi connectivity index (χ0v) is 12.7. The molecule has 0 unspecified atom stereocenters. The highest BCUT2D eigenvalue weighted by Crippen LogP contribution is 2.39. The molecule has 110 valence electrons. The molecule has 0 radical (unpaired) electrons. The first-order valence-electron chi connectivity index (χ1n) is 7.43. The van der Waals surface area contributed by atoms with Gasteiger partial charge in [-0.1, -0.05) is 48.7 Å². The summed E-state index contributed by atoms with van der Waals surface area (Å²) >= 11 is 6.00. The van der Waals surface area contributed by atoms with Gasteiger partial charge in [-0.2, -0.15) is 0 Å². The van der Waals surface area contributed by atoms with E-state index in [1.54, 1.807) is 0 Å². The zero-order valence-electron chi connectivity index (χ0n) is 11.9. The van der Waals surface area contributed by atoms with Crippen molar-refractivity contribution in [3.05, 3.63) is 70.5 Å². The summed E-state index contributed by atoms with van der Waals surface area (Å²) in [7, 11) is 0. The van der Waals surface area contributed by atoms with E-state index in [1.165, 1.54) is 30.5 Å². The second-order valence-electron chi connectivity index (χ2n) is 5.78. The Bertz CT molecular complexity index is 586. The van der Waals surface area contributed by atoms with Crippen molar-refractivity contribution in [1.82, 2.24) is 5.32 Å². The molecule has 0 bridgehead atoms. The first-order valence-corrected chi connectivity index (χ1v) is 7.81. The van der Waals surface area contributed by atoms with Crippen LogP contribution >= 0.6 is 11.6 Å². The number of hydrogen-bond donors (Lipinski definition) is 1. The Labute approximate surface area is 130 Å². The summed E-state index contributed by atoms with van der Waals surface area (Å²) in [4.78, 5) is 0. The molecule has 1 fully saturated rings. The largest absolute Gasteiger partial charge is 0.303 e. The molecular formula is C18H19ClFN. The molecular weight excluding hydrogens is 285 g/mol. The maximum absolute atomic E-state index is 13.0. The van der Waals surface area contributed by atoms with Crippen molar-refractivity contribution >= 4 is 11.6 Å². The summed E-state index contributed by atoms with van der Waals surface area (Å²) in [6.07, 6.45) is 4.74. The Morgan fingerprint density at radius 1 is 0.952 bits per heavy atom. The number of nitrogens with one attached hydrogen (secondary N) is 1. The molecule has 0 atom stereocenters. The highest BCUT2D eigenvalue weighted by molar-refractivity contribution is 6.30. The van der Waals surface area contributed by atoms with E-state index in [4.69, 9.17) is 11.6 Å². The molecule has 0 aromatic heterocycles. The average Bonchev–Trinajstić information content (AvgIpc) is 2.97. The topological polar surface area (TPSA) is 12.0 Å². The maximum atomic E-state index is 13.0. The van der Waals surface area contributed by atoms with Gasteiger partial charge in [0.15, 0.2) is 0 Å². The van der Waals surface area contributed by atoms with E-state index >= 15 is 0 Å². The van der Waals surface area contributed by atoms with Crippen molar-refractivity contribution in [3.8, 4) is 0 Å². The fourth-order valence-electron chi connectivity index (χ4n) is 3.19. The van der Waals surface area contributed by atoms with E-state index in [-0.39, 0.29) is 11.4 Å². The van der Waals surface area contributed by atoms with Gasteiger partial charge in [-0.05, 0) is 48.2 Å². The lowest BCUT2D eigenvalue weighted by atomic mass is 9.88. The Kier molecular flexibility index (Phi) is 4.27. The molecule has 1 nitrogen and oxygen atoms in total. The Morgan fingerprint density at radius 3 is 2.19 bits per heavy atom. The van der Waals surface area contributed by atoms with Gasteiger partial charge in [-0.15, -0.1) is 0 Å². The average molecular weight is 304 g/mol. The van der Waals surface area contributed by atoms with Crippen molar-refractivity contribution in [2.24, 2.45) is 0 Å². The minimum Gasteiger partial charge on any atom is -0.303 e. The molecule has 1 saturated carbocycles. The third kappa shape index (κ3) is 3.28.